The quantitative estimate of drug-likeness (QED) is 0.502. The third kappa shape index (κ3) is 3.80. The number of aromatic amines is 1. The molecule has 0 aliphatic heterocycles. The Morgan fingerprint density at radius 2 is 2.00 bits per heavy atom. The minimum atomic E-state index is -0.168. The van der Waals surface area contributed by atoms with Crippen molar-refractivity contribution in [3.8, 4) is 27.7 Å². The van der Waals surface area contributed by atoms with E-state index in [-0.39, 0.29) is 12.5 Å². The van der Waals surface area contributed by atoms with Gasteiger partial charge in [0.05, 0.1) is 19.3 Å². The summed E-state index contributed by atoms with van der Waals surface area (Å²) in [6, 6.07) is 9.48. The van der Waals surface area contributed by atoms with Crippen molar-refractivity contribution in [2.24, 2.45) is 0 Å². The molecule has 4 aromatic rings. The molecule has 0 radical (unpaired) electrons. The molecule has 3 heterocycles. The Bertz CT molecular complexity index is 1080. The van der Waals surface area contributed by atoms with Crippen LogP contribution in [0.5, 0.6) is 5.75 Å². The number of nitrogens with one attached hydrogen (secondary N) is 2. The molecule has 0 bridgehead atoms. The number of thiophene rings is 1. The Balaban J connectivity index is 1.42. The number of hydrogen-bond acceptors (Lipinski definition) is 7. The standard InChI is InChI=1S/C19H17N5O2S2/c1-11-16(28-19(21-11)13-7-8-27-10-13)18(25)20-9-15-22-17(24-23-15)12-3-5-14(26-2)6-4-12/h3-8,10H,9H2,1-2H3,(H,20,25)(H,22,23,24). The zero-order chi connectivity index (χ0) is 19.5. The van der Waals surface area contributed by atoms with Gasteiger partial charge in [-0.3, -0.25) is 9.89 Å². The van der Waals surface area contributed by atoms with Crippen molar-refractivity contribution in [1.29, 1.82) is 0 Å². The summed E-state index contributed by atoms with van der Waals surface area (Å²) in [5.41, 5.74) is 2.63. The van der Waals surface area contributed by atoms with E-state index in [1.807, 2.05) is 48.0 Å². The van der Waals surface area contributed by atoms with E-state index in [0.29, 0.717) is 16.5 Å². The first kappa shape index (κ1) is 18.3. The minimum absolute atomic E-state index is 0.168. The molecule has 28 heavy (non-hydrogen) atoms. The number of aryl methyl sites for hydroxylation is 1. The lowest BCUT2D eigenvalue weighted by molar-refractivity contribution is 0.0953. The number of amides is 1. The van der Waals surface area contributed by atoms with Crippen molar-refractivity contribution < 1.29 is 9.53 Å². The maximum absolute atomic E-state index is 12.6. The number of carbonyl (C=O) groups is 1. The molecule has 7 nitrogen and oxygen atoms in total. The number of H-pyrrole nitrogens is 1. The molecule has 0 aliphatic carbocycles. The van der Waals surface area contributed by atoms with Crippen LogP contribution >= 0.6 is 22.7 Å². The third-order valence-electron chi connectivity index (χ3n) is 4.07. The van der Waals surface area contributed by atoms with Gasteiger partial charge in [0, 0.05) is 16.5 Å². The molecule has 1 aromatic carbocycles. The molecule has 2 N–H and O–H groups in total. The molecule has 0 saturated heterocycles. The van der Waals surface area contributed by atoms with Crippen LogP contribution in [0.25, 0.3) is 22.0 Å². The van der Waals surface area contributed by atoms with E-state index < -0.39 is 0 Å². The van der Waals surface area contributed by atoms with Crippen molar-refractivity contribution in [3.05, 3.63) is 57.5 Å². The number of rotatable bonds is 6. The lowest BCUT2D eigenvalue weighted by Crippen LogP contribution is -2.23. The number of ether oxygens (including phenoxy) is 1. The molecule has 142 valence electrons. The zero-order valence-corrected chi connectivity index (χ0v) is 16.9. The fraction of sp³-hybridized carbons (Fsp3) is 0.158. The summed E-state index contributed by atoms with van der Waals surface area (Å²) in [5, 5.41) is 14.8. The number of nitrogens with zero attached hydrogens (tertiary/aromatic N) is 3. The van der Waals surface area contributed by atoms with Crippen molar-refractivity contribution in [2.45, 2.75) is 13.5 Å². The van der Waals surface area contributed by atoms with E-state index in [0.717, 1.165) is 27.6 Å². The van der Waals surface area contributed by atoms with Gasteiger partial charge >= 0.3 is 0 Å². The maximum atomic E-state index is 12.6. The Morgan fingerprint density at radius 1 is 1.18 bits per heavy atom. The monoisotopic (exact) mass is 411 g/mol. The number of aromatic nitrogens is 4. The molecule has 0 fully saturated rings. The van der Waals surface area contributed by atoms with Gasteiger partial charge in [-0.2, -0.15) is 16.4 Å². The Morgan fingerprint density at radius 3 is 2.71 bits per heavy atom. The van der Waals surface area contributed by atoms with Gasteiger partial charge < -0.3 is 10.1 Å². The molecular weight excluding hydrogens is 394 g/mol. The summed E-state index contributed by atoms with van der Waals surface area (Å²) in [6.45, 7) is 2.10. The van der Waals surface area contributed by atoms with Gasteiger partial charge in [0.25, 0.3) is 5.91 Å². The number of benzene rings is 1. The van der Waals surface area contributed by atoms with Crippen LogP contribution in [0.4, 0.5) is 0 Å². The Kier molecular flexibility index (Phi) is 5.18. The highest BCUT2D eigenvalue weighted by Crippen LogP contribution is 2.29. The SMILES string of the molecule is COc1ccc(-c2n[nH]c(CNC(=O)c3sc(-c4ccsc4)nc3C)n2)cc1. The summed E-state index contributed by atoms with van der Waals surface area (Å²) in [4.78, 5) is 22.1. The molecule has 0 aliphatic rings. The second-order valence-corrected chi connectivity index (χ2v) is 7.74. The molecule has 9 heteroatoms. The van der Waals surface area contributed by atoms with E-state index >= 15 is 0 Å². The normalized spacial score (nSPS) is 10.8. The topological polar surface area (TPSA) is 92.8 Å². The molecule has 0 unspecified atom stereocenters. The average molecular weight is 412 g/mol. The van der Waals surface area contributed by atoms with Crippen LogP contribution in [0.3, 0.4) is 0 Å². The first-order chi connectivity index (χ1) is 13.6. The van der Waals surface area contributed by atoms with E-state index in [1.165, 1.54) is 11.3 Å². The lowest BCUT2D eigenvalue weighted by Gasteiger charge is -2.01. The van der Waals surface area contributed by atoms with E-state index in [2.05, 4.69) is 25.5 Å². The Labute approximate surface area is 169 Å². The van der Waals surface area contributed by atoms with Crippen LogP contribution < -0.4 is 10.1 Å². The van der Waals surface area contributed by atoms with Crippen LogP contribution in [0.1, 0.15) is 21.2 Å². The van der Waals surface area contributed by atoms with Gasteiger partial charge in [-0.25, -0.2) is 9.97 Å². The predicted molar refractivity (Wildman–Crippen MR) is 110 cm³/mol. The molecule has 3 aromatic heterocycles. The van der Waals surface area contributed by atoms with Gasteiger partial charge in [-0.05, 0) is 42.6 Å². The summed E-state index contributed by atoms with van der Waals surface area (Å²) in [6.07, 6.45) is 0. The number of hydrogen-bond donors (Lipinski definition) is 2. The second-order valence-electron chi connectivity index (χ2n) is 5.96. The van der Waals surface area contributed by atoms with Crippen molar-refractivity contribution >= 4 is 28.6 Å². The van der Waals surface area contributed by atoms with Crippen LogP contribution in [-0.2, 0) is 6.54 Å². The minimum Gasteiger partial charge on any atom is -0.497 e. The van der Waals surface area contributed by atoms with E-state index in [1.54, 1.807) is 18.4 Å². The fourth-order valence-electron chi connectivity index (χ4n) is 2.60. The number of methoxy groups -OCH3 is 1. The zero-order valence-electron chi connectivity index (χ0n) is 15.2. The molecule has 4 rings (SSSR count). The predicted octanol–water partition coefficient (Wildman–Crippen LogP) is 3.90. The van der Waals surface area contributed by atoms with Crippen molar-refractivity contribution in [2.75, 3.05) is 7.11 Å². The van der Waals surface area contributed by atoms with Crippen molar-refractivity contribution in [3.63, 3.8) is 0 Å². The summed E-state index contributed by atoms with van der Waals surface area (Å²) in [5.74, 6) is 1.76. The molecule has 0 saturated carbocycles. The third-order valence-corrected chi connectivity index (χ3v) is 5.96. The highest BCUT2D eigenvalue weighted by Gasteiger charge is 2.17. The summed E-state index contributed by atoms with van der Waals surface area (Å²) < 4.78 is 5.15. The number of thiazole rings is 1. The van der Waals surface area contributed by atoms with Crippen LogP contribution in [0.15, 0.2) is 41.1 Å². The van der Waals surface area contributed by atoms with Gasteiger partial charge in [0.1, 0.15) is 21.5 Å². The lowest BCUT2D eigenvalue weighted by atomic mass is 10.2. The van der Waals surface area contributed by atoms with E-state index in [4.69, 9.17) is 4.74 Å². The molecular formula is C19H17N5O2S2. The van der Waals surface area contributed by atoms with Gasteiger partial charge in [-0.1, -0.05) is 0 Å². The maximum Gasteiger partial charge on any atom is 0.263 e. The molecule has 0 atom stereocenters. The highest BCUT2D eigenvalue weighted by atomic mass is 32.1. The molecule has 1 amide bonds. The smallest absolute Gasteiger partial charge is 0.263 e. The molecule has 0 spiro atoms. The van der Waals surface area contributed by atoms with E-state index in [9.17, 15) is 4.79 Å². The van der Waals surface area contributed by atoms with Crippen LogP contribution in [0, 0.1) is 6.92 Å². The van der Waals surface area contributed by atoms with Crippen molar-refractivity contribution in [1.82, 2.24) is 25.5 Å². The van der Waals surface area contributed by atoms with Gasteiger partial charge in [0.15, 0.2) is 5.82 Å². The van der Waals surface area contributed by atoms with Crippen LogP contribution in [0.2, 0.25) is 0 Å². The van der Waals surface area contributed by atoms with Gasteiger partial charge in [0.2, 0.25) is 0 Å². The fourth-order valence-corrected chi connectivity index (χ4v) is 4.30. The first-order valence-electron chi connectivity index (χ1n) is 8.48. The van der Waals surface area contributed by atoms with Gasteiger partial charge in [-0.15, -0.1) is 11.3 Å². The first-order valence-corrected chi connectivity index (χ1v) is 10.2. The highest BCUT2D eigenvalue weighted by molar-refractivity contribution is 7.17. The average Bonchev–Trinajstić information content (AvgIpc) is 3.46. The number of carbonyl (C=O) groups excluding carboxylic acids is 1. The summed E-state index contributed by atoms with van der Waals surface area (Å²) >= 11 is 3.00. The van der Waals surface area contributed by atoms with Crippen LogP contribution in [-0.4, -0.2) is 33.2 Å². The largest absolute Gasteiger partial charge is 0.497 e. The second kappa shape index (κ2) is 7.91. The Hall–Kier alpha value is -3.04. The summed E-state index contributed by atoms with van der Waals surface area (Å²) in [7, 11) is 1.62.